The van der Waals surface area contributed by atoms with Crippen LogP contribution in [0.25, 0.3) is 0 Å². The van der Waals surface area contributed by atoms with E-state index < -0.39 is 6.10 Å². The van der Waals surface area contributed by atoms with Gasteiger partial charge in [-0.2, -0.15) is 0 Å². The van der Waals surface area contributed by atoms with Crippen molar-refractivity contribution in [3.8, 4) is 0 Å². The van der Waals surface area contributed by atoms with Gasteiger partial charge in [0.05, 0.1) is 19.9 Å². The van der Waals surface area contributed by atoms with E-state index in [0.29, 0.717) is 19.8 Å². The molecule has 0 unspecified atom stereocenters. The lowest BCUT2D eigenvalue weighted by Crippen LogP contribution is -2.82. The molecule has 0 radical (unpaired) electrons. The zero-order chi connectivity index (χ0) is 9.52. The van der Waals surface area contributed by atoms with Crippen molar-refractivity contribution in [3.05, 3.63) is 24.2 Å². The topological polar surface area (TPSA) is 59.2 Å². The van der Waals surface area contributed by atoms with E-state index in [4.69, 9.17) is 9.15 Å². The predicted octanol–water partition coefficient (Wildman–Crippen LogP) is -0.650. The molecule has 0 amide bonds. The van der Waals surface area contributed by atoms with Crippen molar-refractivity contribution >= 4 is 0 Å². The van der Waals surface area contributed by atoms with Crippen molar-refractivity contribution in [2.75, 3.05) is 20.2 Å². The maximum absolute atomic E-state index is 9.29. The molecule has 0 aliphatic carbocycles. The first-order valence-corrected chi connectivity index (χ1v) is 4.39. The molecule has 1 heterocycles. The molecule has 13 heavy (non-hydrogen) atoms. The van der Waals surface area contributed by atoms with Gasteiger partial charge in [-0.1, -0.05) is 0 Å². The number of nitrogens with two attached hydrogens (primary N) is 1. The second-order valence-corrected chi connectivity index (χ2v) is 2.89. The number of aliphatic hydroxyl groups is 1. The summed E-state index contributed by atoms with van der Waals surface area (Å²) in [6.07, 6.45) is 1.20. The lowest BCUT2D eigenvalue weighted by atomic mass is 10.4. The van der Waals surface area contributed by atoms with Gasteiger partial charge in [0.15, 0.2) is 0 Å². The average molecular weight is 186 g/mol. The predicted molar refractivity (Wildman–Crippen MR) is 47.1 cm³/mol. The summed E-state index contributed by atoms with van der Waals surface area (Å²) in [5.74, 6) is 0.785. The highest BCUT2D eigenvalue weighted by Gasteiger charge is 2.05. The summed E-state index contributed by atoms with van der Waals surface area (Å²) >= 11 is 0. The summed E-state index contributed by atoms with van der Waals surface area (Å²) in [5, 5.41) is 11.2. The quantitative estimate of drug-likeness (QED) is 0.620. The largest absolute Gasteiger partial charge is 0.467 e. The Balaban J connectivity index is 2.07. The molecule has 0 spiro atoms. The number of rotatable bonds is 6. The Labute approximate surface area is 77.5 Å². The van der Waals surface area contributed by atoms with Crippen LogP contribution in [-0.2, 0) is 11.3 Å². The van der Waals surface area contributed by atoms with E-state index in [1.807, 2.05) is 24.5 Å². The molecule has 0 bridgehead atoms. The van der Waals surface area contributed by atoms with E-state index in [1.54, 1.807) is 6.26 Å². The van der Waals surface area contributed by atoms with Crippen LogP contribution in [0.4, 0.5) is 0 Å². The van der Waals surface area contributed by atoms with Crippen LogP contribution in [0.5, 0.6) is 0 Å². The van der Waals surface area contributed by atoms with Crippen molar-refractivity contribution in [3.63, 3.8) is 0 Å². The monoisotopic (exact) mass is 186 g/mol. The normalized spacial score (nSPS) is 13.1. The highest BCUT2D eigenvalue weighted by Crippen LogP contribution is 2.01. The fraction of sp³-hybridized carbons (Fsp3) is 0.556. The Kier molecular flexibility index (Phi) is 4.53. The first kappa shape index (κ1) is 10.2. The number of quaternary nitrogens is 1. The minimum atomic E-state index is -0.403. The third-order valence-electron chi connectivity index (χ3n) is 1.64. The van der Waals surface area contributed by atoms with Crippen LogP contribution in [-0.4, -0.2) is 31.4 Å². The van der Waals surface area contributed by atoms with Crippen LogP contribution >= 0.6 is 0 Å². The van der Waals surface area contributed by atoms with Gasteiger partial charge in [0.2, 0.25) is 0 Å². The summed E-state index contributed by atoms with van der Waals surface area (Å²) in [7, 11) is 1.91. The molecule has 1 atom stereocenters. The molecule has 0 fully saturated rings. The molecule has 4 nitrogen and oxygen atoms in total. The number of likely N-dealkylation sites (N-methyl/N-ethyl adjacent to an activating group) is 1. The summed E-state index contributed by atoms with van der Waals surface area (Å²) < 4.78 is 10.3. The van der Waals surface area contributed by atoms with Crippen LogP contribution in [0.15, 0.2) is 22.8 Å². The third-order valence-corrected chi connectivity index (χ3v) is 1.64. The Bertz CT molecular complexity index is 211. The Morgan fingerprint density at radius 1 is 1.69 bits per heavy atom. The van der Waals surface area contributed by atoms with Crippen molar-refractivity contribution in [2.45, 2.75) is 12.7 Å². The SMILES string of the molecule is C[NH2+]C[C@H](O)COCc1ccco1. The van der Waals surface area contributed by atoms with Gasteiger partial charge in [0.1, 0.15) is 25.0 Å². The van der Waals surface area contributed by atoms with Gasteiger partial charge in [-0.25, -0.2) is 0 Å². The van der Waals surface area contributed by atoms with Crippen LogP contribution in [0, 0.1) is 0 Å². The Hall–Kier alpha value is -0.840. The number of furan rings is 1. The average Bonchev–Trinajstić information content (AvgIpc) is 2.57. The van der Waals surface area contributed by atoms with E-state index in [1.165, 1.54) is 0 Å². The molecule has 0 saturated carbocycles. The maximum Gasteiger partial charge on any atom is 0.129 e. The lowest BCUT2D eigenvalue weighted by molar-refractivity contribution is -0.634. The smallest absolute Gasteiger partial charge is 0.129 e. The molecule has 1 aromatic rings. The highest BCUT2D eigenvalue weighted by atomic mass is 16.5. The first-order valence-electron chi connectivity index (χ1n) is 4.39. The Morgan fingerprint density at radius 2 is 2.54 bits per heavy atom. The lowest BCUT2D eigenvalue weighted by Gasteiger charge is -2.07. The van der Waals surface area contributed by atoms with Gasteiger partial charge < -0.3 is 19.6 Å². The molecule has 0 aliphatic heterocycles. The minimum Gasteiger partial charge on any atom is -0.467 e. The van der Waals surface area contributed by atoms with Crippen molar-refractivity contribution in [1.82, 2.24) is 0 Å². The van der Waals surface area contributed by atoms with Gasteiger partial charge in [-0.15, -0.1) is 0 Å². The Morgan fingerprint density at radius 3 is 3.15 bits per heavy atom. The number of ether oxygens (including phenoxy) is 1. The molecule has 4 heteroatoms. The molecule has 1 aromatic heterocycles. The first-order chi connectivity index (χ1) is 6.33. The molecule has 0 aromatic carbocycles. The standard InChI is InChI=1S/C9H15NO3/c1-10-5-8(11)6-12-7-9-3-2-4-13-9/h2-4,8,10-11H,5-7H2,1H3/p+1/t8-/m0/s1. The van der Waals surface area contributed by atoms with Crippen molar-refractivity contribution in [2.24, 2.45) is 0 Å². The number of aliphatic hydroxyl groups excluding tert-OH is 1. The number of hydrogen-bond acceptors (Lipinski definition) is 3. The molecule has 0 saturated heterocycles. The van der Waals surface area contributed by atoms with E-state index in [2.05, 4.69) is 0 Å². The van der Waals surface area contributed by atoms with Gasteiger partial charge in [-0.3, -0.25) is 0 Å². The van der Waals surface area contributed by atoms with Crippen molar-refractivity contribution < 1.29 is 19.6 Å². The molecule has 74 valence electrons. The van der Waals surface area contributed by atoms with E-state index >= 15 is 0 Å². The fourth-order valence-electron chi connectivity index (χ4n) is 1.03. The third kappa shape index (κ3) is 4.07. The van der Waals surface area contributed by atoms with E-state index in [0.717, 1.165) is 5.76 Å². The van der Waals surface area contributed by atoms with Gasteiger partial charge >= 0.3 is 0 Å². The van der Waals surface area contributed by atoms with Gasteiger partial charge in [0, 0.05) is 0 Å². The summed E-state index contributed by atoms with van der Waals surface area (Å²) in [5.41, 5.74) is 0. The fourth-order valence-corrected chi connectivity index (χ4v) is 1.03. The zero-order valence-corrected chi connectivity index (χ0v) is 7.77. The van der Waals surface area contributed by atoms with Crippen LogP contribution in [0.1, 0.15) is 5.76 Å². The summed E-state index contributed by atoms with van der Waals surface area (Å²) in [6, 6.07) is 3.66. The molecule has 1 rings (SSSR count). The van der Waals surface area contributed by atoms with Gasteiger partial charge in [0.25, 0.3) is 0 Å². The maximum atomic E-state index is 9.29. The second-order valence-electron chi connectivity index (χ2n) is 2.89. The van der Waals surface area contributed by atoms with E-state index in [-0.39, 0.29) is 0 Å². The summed E-state index contributed by atoms with van der Waals surface area (Å²) in [4.78, 5) is 0. The van der Waals surface area contributed by atoms with E-state index in [9.17, 15) is 5.11 Å². The second kappa shape index (κ2) is 5.75. The van der Waals surface area contributed by atoms with Gasteiger partial charge in [-0.05, 0) is 12.1 Å². The minimum absolute atomic E-state index is 0.352. The molecular formula is C9H16NO3+. The summed E-state index contributed by atoms with van der Waals surface area (Å²) in [6.45, 7) is 1.44. The zero-order valence-electron chi connectivity index (χ0n) is 7.77. The molecular weight excluding hydrogens is 170 g/mol. The molecule has 3 N–H and O–H groups in total. The number of hydrogen-bond donors (Lipinski definition) is 2. The molecule has 0 aliphatic rings. The van der Waals surface area contributed by atoms with Crippen LogP contribution in [0.2, 0.25) is 0 Å². The highest BCUT2D eigenvalue weighted by molar-refractivity contribution is 4.95. The van der Waals surface area contributed by atoms with Crippen LogP contribution in [0.3, 0.4) is 0 Å². The van der Waals surface area contributed by atoms with Crippen molar-refractivity contribution in [1.29, 1.82) is 0 Å². The van der Waals surface area contributed by atoms with Crippen LogP contribution < -0.4 is 5.32 Å².